The first-order valence-corrected chi connectivity index (χ1v) is 6.07. The van der Waals surface area contributed by atoms with Crippen molar-refractivity contribution in [3.05, 3.63) is 35.4 Å². The number of benzene rings is 1. The van der Waals surface area contributed by atoms with E-state index in [0.29, 0.717) is 5.56 Å². The van der Waals surface area contributed by atoms with Gasteiger partial charge in [0.25, 0.3) is 12.3 Å². The molecule has 0 bridgehead atoms. The minimum atomic E-state index is -2.86. The Kier molecular flexibility index (Phi) is 5.00. The van der Waals surface area contributed by atoms with Crippen molar-refractivity contribution in [2.75, 3.05) is 6.54 Å². The highest BCUT2D eigenvalue weighted by Crippen LogP contribution is 2.25. The van der Waals surface area contributed by atoms with Crippen molar-refractivity contribution in [3.8, 4) is 0 Å². The molecule has 1 rings (SSSR count). The van der Waals surface area contributed by atoms with E-state index in [-0.39, 0.29) is 5.41 Å². The molecule has 0 saturated heterocycles. The van der Waals surface area contributed by atoms with Crippen molar-refractivity contribution in [3.63, 3.8) is 0 Å². The van der Waals surface area contributed by atoms with Crippen molar-refractivity contribution in [1.82, 2.24) is 5.32 Å². The summed E-state index contributed by atoms with van der Waals surface area (Å²) in [6.45, 7) is 5.43. The number of carbonyl (C=O) groups is 1. The lowest BCUT2D eigenvalue weighted by molar-refractivity contribution is -0.00271. The summed E-state index contributed by atoms with van der Waals surface area (Å²) in [5, 5.41) is 11.3. The van der Waals surface area contributed by atoms with E-state index in [0.717, 1.165) is 5.56 Å². The molecule has 106 valence electrons. The summed E-state index contributed by atoms with van der Waals surface area (Å²) < 4.78 is 24.3. The van der Waals surface area contributed by atoms with Gasteiger partial charge in [-0.2, -0.15) is 0 Å². The monoisotopic (exact) mass is 271 g/mol. The number of aliphatic hydroxyl groups is 1. The molecule has 5 heteroatoms. The second-order valence-corrected chi connectivity index (χ2v) is 5.41. The molecule has 3 nitrogen and oxygen atoms in total. The fraction of sp³-hybridized carbons (Fsp3) is 0.500. The van der Waals surface area contributed by atoms with Gasteiger partial charge in [-0.05, 0) is 17.0 Å². The van der Waals surface area contributed by atoms with Crippen LogP contribution in [0, 0.1) is 0 Å². The number of amides is 1. The van der Waals surface area contributed by atoms with Gasteiger partial charge in [-0.25, -0.2) is 8.78 Å². The minimum absolute atomic E-state index is 0.227. The van der Waals surface area contributed by atoms with Crippen LogP contribution in [0.25, 0.3) is 0 Å². The molecular weight excluding hydrogens is 252 g/mol. The topological polar surface area (TPSA) is 49.3 Å². The standard InChI is InChI=1S/C14H19F2NO2/c1-14(2,3)10-7-5-4-6-9(10)13(19)17-8-11(18)12(15)16/h4-7,11-12,18H,8H2,1-3H3,(H,17,19). The van der Waals surface area contributed by atoms with Crippen LogP contribution in [0.4, 0.5) is 8.78 Å². The lowest BCUT2D eigenvalue weighted by atomic mass is 9.83. The summed E-state index contributed by atoms with van der Waals surface area (Å²) in [6, 6.07) is 7.02. The van der Waals surface area contributed by atoms with Crippen LogP contribution in [-0.4, -0.2) is 30.1 Å². The fourth-order valence-electron chi connectivity index (χ4n) is 1.72. The van der Waals surface area contributed by atoms with Gasteiger partial charge in [0.1, 0.15) is 6.10 Å². The Morgan fingerprint density at radius 3 is 2.42 bits per heavy atom. The number of halogens is 2. The zero-order chi connectivity index (χ0) is 14.6. The minimum Gasteiger partial charge on any atom is -0.385 e. The van der Waals surface area contributed by atoms with Gasteiger partial charge in [0.05, 0.1) is 0 Å². The van der Waals surface area contributed by atoms with E-state index in [1.165, 1.54) is 0 Å². The summed E-state index contributed by atoms with van der Waals surface area (Å²) in [5.41, 5.74) is 1.05. The number of alkyl halides is 2. The van der Waals surface area contributed by atoms with Gasteiger partial charge in [-0.15, -0.1) is 0 Å². The van der Waals surface area contributed by atoms with Crippen molar-refractivity contribution < 1.29 is 18.7 Å². The van der Waals surface area contributed by atoms with Gasteiger partial charge in [0, 0.05) is 12.1 Å². The van der Waals surface area contributed by atoms with Crippen molar-refractivity contribution in [2.24, 2.45) is 0 Å². The molecule has 0 radical (unpaired) electrons. The Bertz CT molecular complexity index is 441. The molecule has 1 unspecified atom stereocenters. The van der Waals surface area contributed by atoms with E-state index >= 15 is 0 Å². The SMILES string of the molecule is CC(C)(C)c1ccccc1C(=O)NCC(O)C(F)F. The average molecular weight is 271 g/mol. The molecule has 0 aromatic heterocycles. The predicted octanol–water partition coefficient (Wildman–Crippen LogP) is 2.34. The van der Waals surface area contributed by atoms with Crippen LogP contribution in [0.1, 0.15) is 36.7 Å². The van der Waals surface area contributed by atoms with Crippen LogP contribution < -0.4 is 5.32 Å². The first kappa shape index (κ1) is 15.6. The van der Waals surface area contributed by atoms with Crippen LogP contribution in [0.15, 0.2) is 24.3 Å². The van der Waals surface area contributed by atoms with Gasteiger partial charge in [-0.3, -0.25) is 4.79 Å². The highest BCUT2D eigenvalue weighted by atomic mass is 19.3. The molecule has 0 heterocycles. The fourth-order valence-corrected chi connectivity index (χ4v) is 1.72. The van der Waals surface area contributed by atoms with Crippen molar-refractivity contribution >= 4 is 5.91 Å². The van der Waals surface area contributed by atoms with Gasteiger partial charge in [-0.1, -0.05) is 39.0 Å². The number of carbonyl (C=O) groups excluding carboxylic acids is 1. The van der Waals surface area contributed by atoms with Gasteiger partial charge >= 0.3 is 0 Å². The van der Waals surface area contributed by atoms with Crippen LogP contribution in [-0.2, 0) is 5.41 Å². The second-order valence-electron chi connectivity index (χ2n) is 5.41. The van der Waals surface area contributed by atoms with Crippen LogP contribution in [0.3, 0.4) is 0 Å². The first-order valence-electron chi connectivity index (χ1n) is 6.07. The summed E-state index contributed by atoms with van der Waals surface area (Å²) in [4.78, 5) is 12.0. The lowest BCUT2D eigenvalue weighted by Crippen LogP contribution is -2.36. The Morgan fingerprint density at radius 2 is 1.89 bits per heavy atom. The van der Waals surface area contributed by atoms with Crippen LogP contribution in [0.5, 0.6) is 0 Å². The second kappa shape index (κ2) is 6.10. The molecule has 0 aliphatic carbocycles. The third-order valence-electron chi connectivity index (χ3n) is 2.74. The highest BCUT2D eigenvalue weighted by Gasteiger charge is 2.22. The Hall–Kier alpha value is -1.49. The molecule has 1 aromatic rings. The van der Waals surface area contributed by atoms with Crippen molar-refractivity contribution in [2.45, 2.75) is 38.7 Å². The van der Waals surface area contributed by atoms with Crippen LogP contribution in [0.2, 0.25) is 0 Å². The Labute approximate surface area is 111 Å². The van der Waals surface area contributed by atoms with Gasteiger partial charge < -0.3 is 10.4 Å². The first-order chi connectivity index (χ1) is 8.73. The smallest absolute Gasteiger partial charge is 0.265 e. The summed E-state index contributed by atoms with van der Waals surface area (Å²) >= 11 is 0. The maximum Gasteiger partial charge on any atom is 0.265 e. The number of rotatable bonds is 4. The Morgan fingerprint density at radius 1 is 1.32 bits per heavy atom. The molecule has 19 heavy (non-hydrogen) atoms. The summed E-state index contributed by atoms with van der Waals surface area (Å²) in [5.74, 6) is -0.453. The molecule has 0 spiro atoms. The third-order valence-corrected chi connectivity index (χ3v) is 2.74. The van der Waals surface area contributed by atoms with E-state index in [4.69, 9.17) is 5.11 Å². The maximum atomic E-state index is 12.1. The number of hydrogen-bond acceptors (Lipinski definition) is 2. The molecule has 0 fully saturated rings. The molecule has 1 amide bonds. The highest BCUT2D eigenvalue weighted by molar-refractivity contribution is 5.96. The van der Waals surface area contributed by atoms with Gasteiger partial charge in [0.2, 0.25) is 0 Å². The van der Waals surface area contributed by atoms with E-state index in [1.807, 2.05) is 32.9 Å². The normalized spacial score (nSPS) is 13.4. The van der Waals surface area contributed by atoms with Crippen LogP contribution >= 0.6 is 0 Å². The number of nitrogens with one attached hydrogen (secondary N) is 1. The van der Waals surface area contributed by atoms with E-state index in [1.54, 1.807) is 12.1 Å². The lowest BCUT2D eigenvalue weighted by Gasteiger charge is -2.22. The van der Waals surface area contributed by atoms with E-state index in [2.05, 4.69) is 5.32 Å². The molecule has 2 N–H and O–H groups in total. The number of hydrogen-bond donors (Lipinski definition) is 2. The zero-order valence-electron chi connectivity index (χ0n) is 11.3. The van der Waals surface area contributed by atoms with E-state index < -0.39 is 25.0 Å². The van der Waals surface area contributed by atoms with Gasteiger partial charge in [0.15, 0.2) is 0 Å². The quantitative estimate of drug-likeness (QED) is 0.883. The molecule has 0 saturated carbocycles. The molecule has 1 atom stereocenters. The van der Waals surface area contributed by atoms with Crippen molar-refractivity contribution in [1.29, 1.82) is 0 Å². The molecule has 0 aliphatic rings. The number of aliphatic hydroxyl groups excluding tert-OH is 1. The molecule has 0 aliphatic heterocycles. The third kappa shape index (κ3) is 4.28. The summed E-state index contributed by atoms with van der Waals surface area (Å²) in [6.07, 6.45) is -4.70. The zero-order valence-corrected chi connectivity index (χ0v) is 11.3. The van der Waals surface area contributed by atoms with E-state index in [9.17, 15) is 13.6 Å². The maximum absolute atomic E-state index is 12.1. The average Bonchev–Trinajstić information content (AvgIpc) is 2.34. The molecular formula is C14H19F2NO2. The molecule has 1 aromatic carbocycles. The largest absolute Gasteiger partial charge is 0.385 e. The predicted molar refractivity (Wildman–Crippen MR) is 69.5 cm³/mol. The summed E-state index contributed by atoms with van der Waals surface area (Å²) in [7, 11) is 0. The Balaban J connectivity index is 2.83.